The van der Waals surface area contributed by atoms with Crippen molar-refractivity contribution in [3.63, 3.8) is 0 Å². The van der Waals surface area contributed by atoms with Crippen LogP contribution in [0.3, 0.4) is 0 Å². The lowest BCUT2D eigenvalue weighted by atomic mass is 9.81. The Morgan fingerprint density at radius 3 is 2.55 bits per heavy atom. The Kier molecular flexibility index (Phi) is 4.48. The van der Waals surface area contributed by atoms with Gasteiger partial charge in [0.1, 0.15) is 11.6 Å². The predicted molar refractivity (Wildman–Crippen MR) is 121 cm³/mol. The minimum absolute atomic E-state index is 0.149. The summed E-state index contributed by atoms with van der Waals surface area (Å²) in [5.74, 6) is 0.0852. The average molecular weight is 480 g/mol. The first-order chi connectivity index (χ1) is 15.0. The van der Waals surface area contributed by atoms with Crippen LogP contribution in [0.2, 0.25) is 0 Å². The standard InChI is InChI=1S/C23H18BrN3O4/c1-3-27-21-18(22(29)26-23(27)30)16(14-10-11(24)8-9-15(14)31-2)17-19(25-21)12-6-4-5-7-13(12)20(17)28/h4-10,16,25H,3H2,1-2H3,(H,26,29,30)/t16-/m0/s1. The van der Waals surface area contributed by atoms with E-state index in [1.165, 1.54) is 4.57 Å². The number of benzene rings is 2. The van der Waals surface area contributed by atoms with E-state index in [0.29, 0.717) is 46.1 Å². The van der Waals surface area contributed by atoms with Crippen LogP contribution in [0, 0.1) is 0 Å². The van der Waals surface area contributed by atoms with Gasteiger partial charge in [0, 0.05) is 33.3 Å². The van der Waals surface area contributed by atoms with E-state index in [4.69, 9.17) is 4.74 Å². The minimum atomic E-state index is -0.708. The number of carbonyl (C=O) groups excluding carboxylic acids is 1. The molecule has 2 aliphatic rings. The number of H-pyrrole nitrogens is 1. The van der Waals surface area contributed by atoms with Gasteiger partial charge in [-0.05, 0) is 25.1 Å². The van der Waals surface area contributed by atoms with Gasteiger partial charge in [0.25, 0.3) is 5.56 Å². The Bertz CT molecular complexity index is 1420. The SMILES string of the molecule is CCn1c2c(c(=O)[nH]c1=O)[C@@H](c1cc(Br)ccc1OC)C1=C(N2)c2ccccc2C1=O. The fourth-order valence-electron chi connectivity index (χ4n) is 4.51. The highest BCUT2D eigenvalue weighted by atomic mass is 79.9. The van der Waals surface area contributed by atoms with Crippen molar-refractivity contribution < 1.29 is 9.53 Å². The number of nitrogens with one attached hydrogen (secondary N) is 2. The largest absolute Gasteiger partial charge is 0.496 e. The third-order valence-electron chi connectivity index (χ3n) is 5.83. The summed E-state index contributed by atoms with van der Waals surface area (Å²) in [6.45, 7) is 2.18. The molecule has 1 aliphatic heterocycles. The van der Waals surface area contributed by atoms with E-state index in [1.807, 2.05) is 37.3 Å². The molecule has 0 saturated heterocycles. The van der Waals surface area contributed by atoms with Crippen LogP contribution in [0.1, 0.15) is 39.9 Å². The molecule has 3 aromatic rings. The fraction of sp³-hybridized carbons (Fsp3) is 0.174. The van der Waals surface area contributed by atoms with Crippen molar-refractivity contribution in [2.45, 2.75) is 19.4 Å². The summed E-state index contributed by atoms with van der Waals surface area (Å²) in [7, 11) is 1.55. The van der Waals surface area contributed by atoms with Gasteiger partial charge in [0.15, 0.2) is 5.78 Å². The molecule has 2 heterocycles. The number of nitrogens with zero attached hydrogens (tertiary/aromatic N) is 1. The number of fused-ring (bicyclic) bond motifs is 3. The van der Waals surface area contributed by atoms with Gasteiger partial charge in [0.05, 0.1) is 24.3 Å². The molecule has 2 N–H and O–H groups in total. The topological polar surface area (TPSA) is 93.2 Å². The molecule has 0 fully saturated rings. The zero-order valence-corrected chi connectivity index (χ0v) is 18.4. The second-order valence-corrected chi connectivity index (χ2v) is 8.29. The normalized spacial score (nSPS) is 16.5. The number of Topliss-reactive ketones (excluding diaryl/α,β-unsaturated/α-hetero) is 1. The molecule has 0 amide bonds. The quantitative estimate of drug-likeness (QED) is 0.599. The van der Waals surface area contributed by atoms with Crippen LogP contribution in [0.15, 0.2) is 62.1 Å². The van der Waals surface area contributed by atoms with Crippen molar-refractivity contribution in [1.29, 1.82) is 0 Å². The number of hydrogen-bond donors (Lipinski definition) is 2. The Morgan fingerprint density at radius 2 is 1.84 bits per heavy atom. The minimum Gasteiger partial charge on any atom is -0.496 e. The summed E-state index contributed by atoms with van der Waals surface area (Å²) >= 11 is 3.49. The van der Waals surface area contributed by atoms with Crippen molar-refractivity contribution in [2.75, 3.05) is 12.4 Å². The lowest BCUT2D eigenvalue weighted by Gasteiger charge is -2.30. The van der Waals surface area contributed by atoms with E-state index >= 15 is 0 Å². The number of hydrogen-bond acceptors (Lipinski definition) is 5. The van der Waals surface area contributed by atoms with E-state index in [9.17, 15) is 14.4 Å². The summed E-state index contributed by atoms with van der Waals surface area (Å²) < 4.78 is 7.86. The van der Waals surface area contributed by atoms with Gasteiger partial charge in [-0.1, -0.05) is 40.2 Å². The first kappa shape index (κ1) is 19.6. The molecular formula is C23H18BrN3O4. The Labute approximate surface area is 185 Å². The third-order valence-corrected chi connectivity index (χ3v) is 6.32. The number of ether oxygens (including phenoxy) is 1. The summed E-state index contributed by atoms with van der Waals surface area (Å²) in [4.78, 5) is 41.5. The Hall–Kier alpha value is -3.39. The summed E-state index contributed by atoms with van der Waals surface area (Å²) in [5.41, 5.74) is 2.36. The molecule has 1 atom stereocenters. The van der Waals surface area contributed by atoms with Crippen LogP contribution in [-0.4, -0.2) is 22.4 Å². The van der Waals surface area contributed by atoms with E-state index in [2.05, 4.69) is 26.2 Å². The number of anilines is 1. The zero-order chi connectivity index (χ0) is 21.9. The van der Waals surface area contributed by atoms with Gasteiger partial charge in [-0.15, -0.1) is 0 Å². The molecule has 0 spiro atoms. The van der Waals surface area contributed by atoms with Crippen LogP contribution < -0.4 is 21.3 Å². The number of carbonyl (C=O) groups is 1. The number of halogens is 1. The Balaban J connectivity index is 1.91. The molecule has 8 heteroatoms. The van der Waals surface area contributed by atoms with E-state index < -0.39 is 17.2 Å². The molecule has 5 rings (SSSR count). The highest BCUT2D eigenvalue weighted by Crippen LogP contribution is 2.49. The third kappa shape index (κ3) is 2.75. The van der Waals surface area contributed by atoms with Crippen molar-refractivity contribution >= 4 is 33.2 Å². The zero-order valence-electron chi connectivity index (χ0n) is 16.8. The summed E-state index contributed by atoms with van der Waals surface area (Å²) in [6, 6.07) is 12.8. The van der Waals surface area contributed by atoms with Gasteiger partial charge >= 0.3 is 5.69 Å². The molecular weight excluding hydrogens is 462 g/mol. The molecule has 31 heavy (non-hydrogen) atoms. The number of aromatic nitrogens is 2. The summed E-state index contributed by atoms with van der Waals surface area (Å²) in [6.07, 6.45) is 0. The number of ketones is 1. The van der Waals surface area contributed by atoms with Crippen LogP contribution in [0.4, 0.5) is 5.82 Å². The van der Waals surface area contributed by atoms with Crippen molar-refractivity contribution in [3.05, 3.63) is 95.6 Å². The van der Waals surface area contributed by atoms with Crippen molar-refractivity contribution in [1.82, 2.24) is 9.55 Å². The molecule has 2 aromatic carbocycles. The second-order valence-electron chi connectivity index (χ2n) is 7.37. The van der Waals surface area contributed by atoms with Crippen molar-refractivity contribution in [3.8, 4) is 5.75 Å². The first-order valence-electron chi connectivity index (χ1n) is 9.82. The molecule has 0 radical (unpaired) electrons. The summed E-state index contributed by atoms with van der Waals surface area (Å²) in [5, 5.41) is 3.25. The smallest absolute Gasteiger partial charge is 0.329 e. The molecule has 0 unspecified atom stereocenters. The van der Waals surface area contributed by atoms with E-state index in [0.717, 1.165) is 10.0 Å². The number of methoxy groups -OCH3 is 1. The van der Waals surface area contributed by atoms with Crippen LogP contribution in [-0.2, 0) is 6.54 Å². The molecule has 1 aromatic heterocycles. The molecule has 0 bridgehead atoms. The lowest BCUT2D eigenvalue weighted by molar-refractivity contribution is 0.103. The van der Waals surface area contributed by atoms with Gasteiger partial charge in [-0.2, -0.15) is 0 Å². The van der Waals surface area contributed by atoms with E-state index in [-0.39, 0.29) is 5.78 Å². The number of aromatic amines is 1. The van der Waals surface area contributed by atoms with Crippen LogP contribution in [0.5, 0.6) is 5.75 Å². The Morgan fingerprint density at radius 1 is 1.10 bits per heavy atom. The molecule has 7 nitrogen and oxygen atoms in total. The van der Waals surface area contributed by atoms with Gasteiger partial charge in [-0.3, -0.25) is 19.1 Å². The molecule has 1 aliphatic carbocycles. The number of allylic oxidation sites excluding steroid dienone is 1. The highest BCUT2D eigenvalue weighted by Gasteiger charge is 2.43. The van der Waals surface area contributed by atoms with E-state index in [1.54, 1.807) is 19.2 Å². The van der Waals surface area contributed by atoms with Gasteiger partial charge in [-0.25, -0.2) is 4.79 Å². The second kappa shape index (κ2) is 7.09. The maximum Gasteiger partial charge on any atom is 0.329 e. The van der Waals surface area contributed by atoms with Gasteiger partial charge in [0.2, 0.25) is 0 Å². The molecule has 156 valence electrons. The molecule has 0 saturated carbocycles. The number of rotatable bonds is 3. The van der Waals surface area contributed by atoms with Gasteiger partial charge < -0.3 is 10.1 Å². The van der Waals surface area contributed by atoms with Crippen molar-refractivity contribution in [2.24, 2.45) is 0 Å². The monoisotopic (exact) mass is 479 g/mol. The van der Waals surface area contributed by atoms with Crippen LogP contribution >= 0.6 is 15.9 Å². The maximum absolute atomic E-state index is 13.5. The van der Waals surface area contributed by atoms with Crippen LogP contribution in [0.25, 0.3) is 5.70 Å². The highest BCUT2D eigenvalue weighted by molar-refractivity contribution is 9.10. The predicted octanol–water partition coefficient (Wildman–Crippen LogP) is 3.49. The maximum atomic E-state index is 13.5. The average Bonchev–Trinajstić information content (AvgIpc) is 3.05. The first-order valence-corrected chi connectivity index (χ1v) is 10.6. The lowest BCUT2D eigenvalue weighted by Crippen LogP contribution is -2.38. The fourth-order valence-corrected chi connectivity index (χ4v) is 4.89.